The molecule has 0 aliphatic heterocycles. The van der Waals surface area contributed by atoms with E-state index in [1.54, 1.807) is 29.2 Å². The van der Waals surface area contributed by atoms with E-state index in [-0.39, 0.29) is 29.7 Å². The number of aromatic amines is 1. The van der Waals surface area contributed by atoms with Crippen LogP contribution in [0.4, 0.5) is 0 Å². The predicted octanol–water partition coefficient (Wildman–Crippen LogP) is 4.95. The highest BCUT2D eigenvalue weighted by atomic mass is 35.5. The molecule has 0 spiro atoms. The summed E-state index contributed by atoms with van der Waals surface area (Å²) in [6, 6.07) is 16.0. The molecule has 0 saturated carbocycles. The van der Waals surface area contributed by atoms with Gasteiger partial charge in [0.25, 0.3) is 5.56 Å². The molecule has 2 aromatic carbocycles. The normalized spacial score (nSPS) is 11.0. The number of benzene rings is 2. The van der Waals surface area contributed by atoms with Gasteiger partial charge in [-0.2, -0.15) is 0 Å². The monoisotopic (exact) mass is 453 g/mol. The van der Waals surface area contributed by atoms with Gasteiger partial charge in [0, 0.05) is 23.0 Å². The molecule has 0 radical (unpaired) electrons. The van der Waals surface area contributed by atoms with Crippen molar-refractivity contribution in [3.63, 3.8) is 0 Å². The molecule has 1 amide bonds. The van der Waals surface area contributed by atoms with Crippen molar-refractivity contribution in [2.24, 2.45) is 5.92 Å². The van der Waals surface area contributed by atoms with Gasteiger partial charge in [-0.3, -0.25) is 19.5 Å². The molecule has 0 aliphatic rings. The van der Waals surface area contributed by atoms with Crippen LogP contribution < -0.4 is 5.56 Å². The Morgan fingerprint density at radius 1 is 1.06 bits per heavy atom. The van der Waals surface area contributed by atoms with Crippen LogP contribution in [0.3, 0.4) is 0 Å². The van der Waals surface area contributed by atoms with Gasteiger partial charge in [-0.1, -0.05) is 69.1 Å². The molecular formula is C25H28ClN3O3. The fourth-order valence-corrected chi connectivity index (χ4v) is 3.64. The van der Waals surface area contributed by atoms with E-state index >= 15 is 0 Å². The molecule has 0 aliphatic carbocycles. The molecule has 1 N–H and O–H groups in total. The second-order valence-electron chi connectivity index (χ2n) is 8.04. The first-order chi connectivity index (χ1) is 15.3. The van der Waals surface area contributed by atoms with Crippen LogP contribution in [0.2, 0.25) is 5.02 Å². The number of nitrogens with one attached hydrogen (secondary N) is 1. The molecule has 0 bridgehead atoms. The van der Waals surface area contributed by atoms with E-state index < -0.39 is 5.56 Å². The van der Waals surface area contributed by atoms with Gasteiger partial charge >= 0.3 is 0 Å². The number of nitrogens with zero attached hydrogens (tertiary/aromatic N) is 2. The first-order valence-corrected chi connectivity index (χ1v) is 11.2. The maximum atomic E-state index is 13.4. The van der Waals surface area contributed by atoms with E-state index in [0.717, 1.165) is 18.4 Å². The van der Waals surface area contributed by atoms with E-state index in [0.29, 0.717) is 22.9 Å². The largest absolute Gasteiger partial charge is 0.335 e. The van der Waals surface area contributed by atoms with Crippen LogP contribution >= 0.6 is 11.6 Å². The number of hydrogen-bond donors (Lipinski definition) is 1. The summed E-state index contributed by atoms with van der Waals surface area (Å²) >= 11 is 5.99. The van der Waals surface area contributed by atoms with Crippen molar-refractivity contribution in [1.82, 2.24) is 14.7 Å². The average Bonchev–Trinajstić information content (AvgIpc) is 3.14. The minimum Gasteiger partial charge on any atom is -0.335 e. The van der Waals surface area contributed by atoms with Gasteiger partial charge in [-0.15, -0.1) is 0 Å². The highest BCUT2D eigenvalue weighted by Crippen LogP contribution is 2.22. The van der Waals surface area contributed by atoms with Crippen LogP contribution in [-0.2, 0) is 4.79 Å². The number of carbonyl (C=O) groups excluding carboxylic acids is 2. The quantitative estimate of drug-likeness (QED) is 0.465. The number of amides is 1. The second kappa shape index (κ2) is 10.5. The minimum absolute atomic E-state index is 0.0456. The molecule has 0 fully saturated rings. The lowest BCUT2D eigenvalue weighted by Gasteiger charge is -2.23. The fourth-order valence-electron chi connectivity index (χ4n) is 3.52. The highest BCUT2D eigenvalue weighted by Gasteiger charge is 2.27. The number of carbonyl (C=O) groups is 2. The number of hydrogen-bond acceptors (Lipinski definition) is 3. The standard InChI is InChI=1S/C25H28ClN3O3/c1-4-5-15-28(24(31)17(2)3)16-21(30)22-23(18-9-7-6-8-10-18)27-29(25(22)32)20-13-11-19(26)12-14-20/h6-14,17,27H,4-5,15-16H2,1-3H3. The lowest BCUT2D eigenvalue weighted by Crippen LogP contribution is -2.40. The van der Waals surface area contributed by atoms with Crippen LogP contribution in [0.25, 0.3) is 16.9 Å². The smallest absolute Gasteiger partial charge is 0.282 e. The number of aromatic nitrogens is 2. The van der Waals surface area contributed by atoms with Crippen molar-refractivity contribution in [3.8, 4) is 16.9 Å². The number of Topliss-reactive ketones (excluding diaryl/α,β-unsaturated/α-hetero) is 1. The molecule has 0 atom stereocenters. The zero-order valence-corrected chi connectivity index (χ0v) is 19.4. The Kier molecular flexibility index (Phi) is 7.70. The van der Waals surface area contributed by atoms with Gasteiger partial charge in [-0.05, 0) is 30.7 Å². The van der Waals surface area contributed by atoms with Crippen LogP contribution in [0.5, 0.6) is 0 Å². The molecule has 1 aromatic heterocycles. The predicted molar refractivity (Wildman–Crippen MR) is 127 cm³/mol. The van der Waals surface area contributed by atoms with E-state index in [4.69, 9.17) is 11.6 Å². The third-order valence-corrected chi connectivity index (χ3v) is 5.49. The lowest BCUT2D eigenvalue weighted by atomic mass is 10.0. The van der Waals surface area contributed by atoms with Gasteiger partial charge in [0.15, 0.2) is 5.78 Å². The Labute approximate surface area is 192 Å². The van der Waals surface area contributed by atoms with Crippen molar-refractivity contribution in [2.75, 3.05) is 13.1 Å². The molecule has 0 unspecified atom stereocenters. The first kappa shape index (κ1) is 23.5. The summed E-state index contributed by atoms with van der Waals surface area (Å²) < 4.78 is 1.34. The Hall–Kier alpha value is -3.12. The molecule has 7 heteroatoms. The molecular weight excluding hydrogens is 426 g/mol. The zero-order valence-electron chi connectivity index (χ0n) is 18.6. The van der Waals surface area contributed by atoms with Crippen LogP contribution in [0.15, 0.2) is 59.4 Å². The molecule has 32 heavy (non-hydrogen) atoms. The van der Waals surface area contributed by atoms with E-state index in [9.17, 15) is 14.4 Å². The summed E-state index contributed by atoms with van der Waals surface area (Å²) in [6.07, 6.45) is 1.69. The van der Waals surface area contributed by atoms with Crippen LogP contribution in [-0.4, -0.2) is 39.5 Å². The van der Waals surface area contributed by atoms with Gasteiger partial charge in [0.2, 0.25) is 5.91 Å². The Morgan fingerprint density at radius 3 is 2.31 bits per heavy atom. The number of rotatable bonds is 9. The topological polar surface area (TPSA) is 75.2 Å². The summed E-state index contributed by atoms with van der Waals surface area (Å²) in [7, 11) is 0. The third kappa shape index (κ3) is 5.19. The van der Waals surface area contributed by atoms with Gasteiger partial charge < -0.3 is 4.90 Å². The number of ketones is 1. The number of halogens is 1. The summed E-state index contributed by atoms with van der Waals surface area (Å²) in [6.45, 7) is 6.00. The maximum Gasteiger partial charge on any atom is 0.282 e. The van der Waals surface area contributed by atoms with Crippen LogP contribution in [0.1, 0.15) is 44.0 Å². The molecule has 3 rings (SSSR count). The molecule has 6 nitrogen and oxygen atoms in total. The summed E-state index contributed by atoms with van der Waals surface area (Å²) in [5.74, 6) is -0.713. The number of unbranched alkanes of at least 4 members (excludes halogenated alkanes) is 1. The van der Waals surface area contributed by atoms with Crippen molar-refractivity contribution in [2.45, 2.75) is 33.6 Å². The van der Waals surface area contributed by atoms with E-state index in [1.807, 2.05) is 51.1 Å². The van der Waals surface area contributed by atoms with Crippen molar-refractivity contribution >= 4 is 23.3 Å². The van der Waals surface area contributed by atoms with Gasteiger partial charge in [-0.25, -0.2) is 4.68 Å². The number of H-pyrrole nitrogens is 1. The van der Waals surface area contributed by atoms with E-state index in [1.165, 1.54) is 4.68 Å². The average molecular weight is 454 g/mol. The Bertz CT molecular complexity index is 1130. The zero-order chi connectivity index (χ0) is 23.3. The van der Waals surface area contributed by atoms with Crippen molar-refractivity contribution in [3.05, 3.63) is 75.5 Å². The molecule has 1 heterocycles. The Morgan fingerprint density at radius 2 is 1.72 bits per heavy atom. The summed E-state index contributed by atoms with van der Waals surface area (Å²) in [5, 5.41) is 3.64. The summed E-state index contributed by atoms with van der Waals surface area (Å²) in [5.41, 5.74) is 1.31. The van der Waals surface area contributed by atoms with E-state index in [2.05, 4.69) is 5.10 Å². The van der Waals surface area contributed by atoms with Crippen molar-refractivity contribution < 1.29 is 9.59 Å². The molecule has 0 saturated heterocycles. The van der Waals surface area contributed by atoms with Crippen LogP contribution in [0, 0.1) is 5.92 Å². The fraction of sp³-hybridized carbons (Fsp3) is 0.320. The second-order valence-corrected chi connectivity index (χ2v) is 8.47. The minimum atomic E-state index is -0.455. The van der Waals surface area contributed by atoms with Gasteiger partial charge in [0.1, 0.15) is 5.56 Å². The maximum absolute atomic E-state index is 13.4. The SMILES string of the molecule is CCCCN(CC(=O)c1c(-c2ccccc2)[nH]n(-c2ccc(Cl)cc2)c1=O)C(=O)C(C)C. The molecule has 168 valence electrons. The highest BCUT2D eigenvalue weighted by molar-refractivity contribution is 6.30. The third-order valence-electron chi connectivity index (χ3n) is 5.24. The summed E-state index contributed by atoms with van der Waals surface area (Å²) in [4.78, 5) is 41.0. The van der Waals surface area contributed by atoms with Gasteiger partial charge in [0.05, 0.1) is 17.9 Å². The van der Waals surface area contributed by atoms with Crippen molar-refractivity contribution in [1.29, 1.82) is 0 Å². The molecule has 3 aromatic rings. The Balaban J connectivity index is 2.07. The lowest BCUT2D eigenvalue weighted by molar-refractivity contribution is -0.134. The first-order valence-electron chi connectivity index (χ1n) is 10.8.